The number of nitrogens with zero attached hydrogens (tertiary/aromatic N) is 1. The molecule has 0 aliphatic heterocycles. The Labute approximate surface area is 123 Å². The van der Waals surface area contributed by atoms with Crippen LogP contribution in [0, 0.1) is 5.82 Å². The van der Waals surface area contributed by atoms with Gasteiger partial charge in [-0.15, -0.1) is 0 Å². The maximum absolute atomic E-state index is 13.7. The van der Waals surface area contributed by atoms with Gasteiger partial charge in [-0.1, -0.05) is 38.8 Å². The average Bonchev–Trinajstić information content (AvgIpc) is 2.43. The zero-order valence-electron chi connectivity index (χ0n) is 13.2. The molecular formula is C17H29FN2. The second-order valence-electron chi connectivity index (χ2n) is 5.55. The van der Waals surface area contributed by atoms with Gasteiger partial charge in [0.25, 0.3) is 0 Å². The molecule has 0 aromatic heterocycles. The minimum atomic E-state index is -0.115. The topological polar surface area (TPSA) is 15.3 Å². The van der Waals surface area contributed by atoms with Crippen LogP contribution in [0.4, 0.5) is 10.1 Å². The molecule has 0 atom stereocenters. The molecule has 0 saturated heterocycles. The summed E-state index contributed by atoms with van der Waals surface area (Å²) < 4.78 is 13.7. The molecule has 1 aromatic rings. The fourth-order valence-electron chi connectivity index (χ4n) is 2.33. The lowest BCUT2D eigenvalue weighted by Gasteiger charge is -2.23. The van der Waals surface area contributed by atoms with Crippen LogP contribution in [0.3, 0.4) is 0 Å². The molecule has 1 aromatic carbocycles. The largest absolute Gasteiger partial charge is 0.369 e. The lowest BCUT2D eigenvalue weighted by Crippen LogP contribution is -2.25. The molecule has 0 heterocycles. The van der Waals surface area contributed by atoms with Crippen molar-refractivity contribution >= 4 is 5.69 Å². The summed E-state index contributed by atoms with van der Waals surface area (Å²) in [6.07, 6.45) is 4.81. The first kappa shape index (κ1) is 17.0. The van der Waals surface area contributed by atoms with Crippen molar-refractivity contribution in [1.82, 2.24) is 5.32 Å². The minimum absolute atomic E-state index is 0.115. The van der Waals surface area contributed by atoms with Gasteiger partial charge in [-0.05, 0) is 38.4 Å². The van der Waals surface area contributed by atoms with Crippen molar-refractivity contribution in [2.24, 2.45) is 0 Å². The number of nitrogens with one attached hydrogen (secondary N) is 1. The van der Waals surface area contributed by atoms with Crippen LogP contribution in [0.2, 0.25) is 0 Å². The zero-order chi connectivity index (χ0) is 14.8. The van der Waals surface area contributed by atoms with Crippen LogP contribution in [0.15, 0.2) is 24.3 Å². The average molecular weight is 280 g/mol. The minimum Gasteiger partial charge on any atom is -0.369 e. The molecule has 0 aliphatic carbocycles. The van der Waals surface area contributed by atoms with Gasteiger partial charge in [-0.25, -0.2) is 4.39 Å². The van der Waals surface area contributed by atoms with E-state index in [2.05, 4.69) is 31.0 Å². The Balaban J connectivity index is 2.21. The third kappa shape index (κ3) is 6.38. The van der Waals surface area contributed by atoms with Crippen LogP contribution in [0.5, 0.6) is 0 Å². The monoisotopic (exact) mass is 280 g/mol. The highest BCUT2D eigenvalue weighted by Gasteiger charge is 2.08. The van der Waals surface area contributed by atoms with E-state index in [1.165, 1.54) is 25.3 Å². The Morgan fingerprint density at radius 2 is 1.80 bits per heavy atom. The van der Waals surface area contributed by atoms with Gasteiger partial charge in [0.1, 0.15) is 5.82 Å². The van der Waals surface area contributed by atoms with Crippen LogP contribution >= 0.6 is 0 Å². The molecule has 20 heavy (non-hydrogen) atoms. The summed E-state index contributed by atoms with van der Waals surface area (Å²) in [5.41, 5.74) is 0.733. The van der Waals surface area contributed by atoms with E-state index >= 15 is 0 Å². The quantitative estimate of drug-likeness (QED) is 0.646. The Morgan fingerprint density at radius 3 is 2.45 bits per heavy atom. The number of hydrogen-bond donors (Lipinski definition) is 1. The standard InChI is InChI=1S/C17H29FN2/c1-4-20(17-12-8-7-11-16(17)18)14-10-6-5-9-13-19-15(2)3/h7-8,11-12,15,19H,4-6,9-10,13-14H2,1-3H3. The first-order valence-electron chi connectivity index (χ1n) is 7.88. The third-order valence-corrected chi connectivity index (χ3v) is 3.48. The third-order valence-electron chi connectivity index (χ3n) is 3.48. The van der Waals surface area contributed by atoms with Crippen molar-refractivity contribution in [3.63, 3.8) is 0 Å². The summed E-state index contributed by atoms with van der Waals surface area (Å²) >= 11 is 0. The van der Waals surface area contributed by atoms with E-state index in [4.69, 9.17) is 0 Å². The lowest BCUT2D eigenvalue weighted by molar-refractivity contribution is 0.539. The summed E-state index contributed by atoms with van der Waals surface area (Å²) in [6.45, 7) is 9.33. The number of rotatable bonds is 10. The first-order valence-corrected chi connectivity index (χ1v) is 7.88. The summed E-state index contributed by atoms with van der Waals surface area (Å²) in [5.74, 6) is -0.115. The maximum atomic E-state index is 13.7. The number of para-hydroxylation sites is 1. The molecule has 114 valence electrons. The second kappa shape index (κ2) is 9.76. The molecule has 1 rings (SSSR count). The Bertz CT molecular complexity index is 366. The highest BCUT2D eigenvalue weighted by atomic mass is 19.1. The second-order valence-corrected chi connectivity index (χ2v) is 5.55. The number of benzene rings is 1. The number of anilines is 1. The SMILES string of the molecule is CCN(CCCCCCNC(C)C)c1ccccc1F. The van der Waals surface area contributed by atoms with Crippen molar-refractivity contribution in [3.05, 3.63) is 30.1 Å². The molecule has 0 saturated carbocycles. The predicted molar refractivity (Wildman–Crippen MR) is 85.9 cm³/mol. The van der Waals surface area contributed by atoms with E-state index in [-0.39, 0.29) is 5.82 Å². The number of unbranched alkanes of at least 4 members (excludes halogenated alkanes) is 3. The van der Waals surface area contributed by atoms with Crippen LogP contribution < -0.4 is 10.2 Å². The van der Waals surface area contributed by atoms with E-state index in [0.29, 0.717) is 6.04 Å². The van der Waals surface area contributed by atoms with Gasteiger partial charge in [0.2, 0.25) is 0 Å². The highest BCUT2D eigenvalue weighted by molar-refractivity contribution is 5.47. The van der Waals surface area contributed by atoms with E-state index < -0.39 is 0 Å². The van der Waals surface area contributed by atoms with Gasteiger partial charge in [0, 0.05) is 19.1 Å². The van der Waals surface area contributed by atoms with Crippen molar-refractivity contribution in [1.29, 1.82) is 0 Å². The normalized spacial score (nSPS) is 11.1. The molecule has 0 radical (unpaired) electrons. The summed E-state index contributed by atoms with van der Waals surface area (Å²) in [7, 11) is 0. The molecule has 3 heteroatoms. The molecule has 0 aliphatic rings. The van der Waals surface area contributed by atoms with Crippen LogP contribution in [-0.2, 0) is 0 Å². The van der Waals surface area contributed by atoms with Crippen molar-refractivity contribution < 1.29 is 4.39 Å². The Morgan fingerprint density at radius 1 is 1.10 bits per heavy atom. The summed E-state index contributed by atoms with van der Waals surface area (Å²) in [4.78, 5) is 2.13. The van der Waals surface area contributed by atoms with Gasteiger partial charge in [0.05, 0.1) is 5.69 Å². The van der Waals surface area contributed by atoms with Crippen molar-refractivity contribution in [2.75, 3.05) is 24.5 Å². The van der Waals surface area contributed by atoms with Gasteiger partial charge >= 0.3 is 0 Å². The Kier molecular flexibility index (Phi) is 8.28. The van der Waals surface area contributed by atoms with E-state index in [1.807, 2.05) is 12.1 Å². The number of halogens is 1. The molecular weight excluding hydrogens is 251 g/mol. The first-order chi connectivity index (χ1) is 9.65. The summed E-state index contributed by atoms with van der Waals surface area (Å²) in [5, 5.41) is 3.43. The molecule has 0 bridgehead atoms. The number of hydrogen-bond acceptors (Lipinski definition) is 2. The van der Waals surface area contributed by atoms with Crippen molar-refractivity contribution in [2.45, 2.75) is 52.5 Å². The zero-order valence-corrected chi connectivity index (χ0v) is 13.2. The maximum Gasteiger partial charge on any atom is 0.146 e. The Hall–Kier alpha value is -1.09. The lowest BCUT2D eigenvalue weighted by atomic mass is 10.1. The van der Waals surface area contributed by atoms with Gasteiger partial charge in [0.15, 0.2) is 0 Å². The van der Waals surface area contributed by atoms with Gasteiger partial charge in [-0.3, -0.25) is 0 Å². The van der Waals surface area contributed by atoms with Crippen LogP contribution in [-0.4, -0.2) is 25.7 Å². The molecule has 0 unspecified atom stereocenters. The highest BCUT2D eigenvalue weighted by Crippen LogP contribution is 2.19. The molecule has 1 N–H and O–H groups in total. The van der Waals surface area contributed by atoms with E-state index in [0.717, 1.165) is 31.7 Å². The molecule has 0 amide bonds. The van der Waals surface area contributed by atoms with Crippen molar-refractivity contribution in [3.8, 4) is 0 Å². The molecule has 0 spiro atoms. The van der Waals surface area contributed by atoms with Crippen LogP contribution in [0.1, 0.15) is 46.5 Å². The van der Waals surface area contributed by atoms with Crippen LogP contribution in [0.25, 0.3) is 0 Å². The van der Waals surface area contributed by atoms with E-state index in [1.54, 1.807) is 6.07 Å². The molecule has 2 nitrogen and oxygen atoms in total. The fourth-order valence-corrected chi connectivity index (χ4v) is 2.33. The van der Waals surface area contributed by atoms with E-state index in [9.17, 15) is 4.39 Å². The molecule has 0 fully saturated rings. The van der Waals surface area contributed by atoms with Gasteiger partial charge < -0.3 is 10.2 Å². The summed E-state index contributed by atoms with van der Waals surface area (Å²) in [6, 6.07) is 7.63. The smallest absolute Gasteiger partial charge is 0.146 e. The predicted octanol–water partition coefficient (Wildman–Crippen LogP) is 4.21. The fraction of sp³-hybridized carbons (Fsp3) is 0.647. The van der Waals surface area contributed by atoms with Gasteiger partial charge in [-0.2, -0.15) is 0 Å².